The normalized spacial score (nSPS) is 15.2. The van der Waals surface area contributed by atoms with Gasteiger partial charge in [-0.2, -0.15) is 0 Å². The van der Waals surface area contributed by atoms with Gasteiger partial charge in [-0.15, -0.1) is 0 Å². The summed E-state index contributed by atoms with van der Waals surface area (Å²) in [5.74, 6) is -0.0491. The Bertz CT molecular complexity index is 1040. The van der Waals surface area contributed by atoms with Crippen LogP contribution in [0.15, 0.2) is 76.8 Å². The number of rotatable bonds is 9. The number of β-amino-alcohol motifs (C(OH)–C–C–N with tert-alkyl or cyclic N) is 1. The summed E-state index contributed by atoms with van der Waals surface area (Å²) in [4.78, 5) is 14.5. The lowest BCUT2D eigenvalue weighted by molar-refractivity contribution is -0.118. The molecule has 178 valence electrons. The molecule has 0 spiro atoms. The second kappa shape index (κ2) is 11.7. The minimum absolute atomic E-state index is 0.00120. The van der Waals surface area contributed by atoms with Crippen molar-refractivity contribution >= 4 is 17.4 Å². The Morgan fingerprint density at radius 2 is 1.71 bits per heavy atom. The number of piperidine rings is 1. The maximum Gasteiger partial charge on any atom is 0.231 e. The summed E-state index contributed by atoms with van der Waals surface area (Å²) in [5, 5.41) is 16.9. The van der Waals surface area contributed by atoms with Crippen LogP contribution in [0.5, 0.6) is 0 Å². The van der Waals surface area contributed by atoms with E-state index in [1.54, 1.807) is 13.2 Å². The summed E-state index contributed by atoms with van der Waals surface area (Å²) in [7, 11) is 1.56. The van der Waals surface area contributed by atoms with Gasteiger partial charge in [0, 0.05) is 32.8 Å². The predicted molar refractivity (Wildman–Crippen MR) is 131 cm³/mol. The van der Waals surface area contributed by atoms with Crippen LogP contribution >= 0.6 is 0 Å². The molecule has 7 nitrogen and oxygen atoms in total. The molecule has 1 fully saturated rings. The molecule has 34 heavy (non-hydrogen) atoms. The van der Waals surface area contributed by atoms with E-state index in [2.05, 4.69) is 63.9 Å². The number of nitrogens with zero attached hydrogens (tertiary/aromatic N) is 2. The Balaban J connectivity index is 1.33. The molecule has 1 atom stereocenters. The zero-order valence-electron chi connectivity index (χ0n) is 19.4. The highest BCUT2D eigenvalue weighted by Gasteiger charge is 2.22. The second-order valence-electron chi connectivity index (χ2n) is 8.53. The zero-order valence-corrected chi connectivity index (χ0v) is 19.4. The molecular weight excluding hydrogens is 430 g/mol. The van der Waals surface area contributed by atoms with Crippen molar-refractivity contribution < 1.29 is 19.2 Å². The van der Waals surface area contributed by atoms with E-state index in [1.165, 1.54) is 22.3 Å². The third-order valence-electron chi connectivity index (χ3n) is 5.94. The van der Waals surface area contributed by atoms with Gasteiger partial charge in [-0.3, -0.25) is 10.1 Å². The van der Waals surface area contributed by atoms with Gasteiger partial charge in [0.05, 0.1) is 19.1 Å². The molecule has 0 bridgehead atoms. The van der Waals surface area contributed by atoms with E-state index in [0.29, 0.717) is 18.8 Å². The van der Waals surface area contributed by atoms with Gasteiger partial charge < -0.3 is 19.3 Å². The van der Waals surface area contributed by atoms with E-state index in [9.17, 15) is 9.90 Å². The molecule has 1 unspecified atom stereocenters. The van der Waals surface area contributed by atoms with Crippen LogP contribution in [0.2, 0.25) is 0 Å². The van der Waals surface area contributed by atoms with Crippen LogP contribution in [-0.4, -0.2) is 53.9 Å². The minimum atomic E-state index is -0.755. The van der Waals surface area contributed by atoms with Gasteiger partial charge in [0.15, 0.2) is 0 Å². The molecule has 2 heterocycles. The van der Waals surface area contributed by atoms with Crippen LogP contribution in [0.3, 0.4) is 0 Å². The number of carbonyl (C=O) groups is 1. The maximum absolute atomic E-state index is 12.3. The van der Waals surface area contributed by atoms with Crippen LogP contribution in [0.25, 0.3) is 5.57 Å². The lowest BCUT2D eigenvalue weighted by atomic mass is 9.88. The van der Waals surface area contributed by atoms with Crippen LogP contribution in [0.4, 0.5) is 5.88 Å². The maximum atomic E-state index is 12.3. The van der Waals surface area contributed by atoms with Crippen molar-refractivity contribution in [3.05, 3.63) is 89.1 Å². The van der Waals surface area contributed by atoms with Crippen molar-refractivity contribution in [1.29, 1.82) is 0 Å². The predicted octanol–water partition coefficient (Wildman–Crippen LogP) is 4.11. The molecule has 1 aliphatic rings. The van der Waals surface area contributed by atoms with Crippen molar-refractivity contribution in [3.63, 3.8) is 0 Å². The van der Waals surface area contributed by atoms with Crippen LogP contribution in [0.1, 0.15) is 36.1 Å². The number of methoxy groups -OCH3 is 1. The standard InChI is InChI=1S/C27H31N3O4/c1-33-19-23-16-26(34-29-23)28-25(32)17-24(31)18-30-14-12-22(13-15-30)27(20-8-4-2-5-9-20)21-10-6-3-7-11-21/h2-11,16,24,31H,12-15,17-19H2,1H3,(H,28,32). The van der Waals surface area contributed by atoms with Crippen molar-refractivity contribution in [3.8, 4) is 0 Å². The fraction of sp³-hybridized carbons (Fsp3) is 0.333. The number of aliphatic hydroxyl groups excluding tert-OH is 1. The summed E-state index contributed by atoms with van der Waals surface area (Å²) in [6, 6.07) is 22.7. The molecule has 2 N–H and O–H groups in total. The average Bonchev–Trinajstić information content (AvgIpc) is 3.28. The highest BCUT2D eigenvalue weighted by Crippen LogP contribution is 2.32. The molecule has 2 aromatic carbocycles. The van der Waals surface area contributed by atoms with Crippen molar-refractivity contribution in [1.82, 2.24) is 10.1 Å². The highest BCUT2D eigenvalue weighted by molar-refractivity contribution is 5.89. The molecule has 7 heteroatoms. The molecule has 4 rings (SSSR count). The van der Waals surface area contributed by atoms with Gasteiger partial charge in [0.2, 0.25) is 11.8 Å². The van der Waals surface area contributed by atoms with E-state index in [1.807, 2.05) is 12.1 Å². The van der Waals surface area contributed by atoms with Crippen LogP contribution in [0, 0.1) is 0 Å². The molecule has 0 aliphatic carbocycles. The van der Waals surface area contributed by atoms with Crippen LogP contribution in [-0.2, 0) is 16.1 Å². The number of aromatic nitrogens is 1. The summed E-state index contributed by atoms with van der Waals surface area (Å²) < 4.78 is 10.1. The Morgan fingerprint density at radius 3 is 2.29 bits per heavy atom. The number of benzene rings is 2. The smallest absolute Gasteiger partial charge is 0.231 e. The van der Waals surface area contributed by atoms with E-state index in [4.69, 9.17) is 9.26 Å². The first kappa shape index (κ1) is 23.9. The summed E-state index contributed by atoms with van der Waals surface area (Å²) in [6.45, 7) is 2.46. The molecule has 1 saturated heterocycles. The number of aliphatic hydroxyl groups is 1. The number of ether oxygens (including phenoxy) is 1. The van der Waals surface area contributed by atoms with Crippen molar-refractivity contribution in [2.45, 2.75) is 32.0 Å². The number of anilines is 1. The molecule has 1 aliphatic heterocycles. The molecule has 0 radical (unpaired) electrons. The second-order valence-corrected chi connectivity index (χ2v) is 8.53. The van der Waals surface area contributed by atoms with E-state index in [0.717, 1.165) is 25.9 Å². The van der Waals surface area contributed by atoms with Gasteiger partial charge in [0.1, 0.15) is 5.69 Å². The Morgan fingerprint density at radius 1 is 1.09 bits per heavy atom. The molecule has 1 aromatic heterocycles. The largest absolute Gasteiger partial charge is 0.391 e. The first-order chi connectivity index (χ1) is 16.6. The summed E-state index contributed by atoms with van der Waals surface area (Å²) in [5.41, 5.74) is 5.80. The number of amides is 1. The Labute approximate surface area is 200 Å². The van der Waals surface area contributed by atoms with Gasteiger partial charge in [-0.1, -0.05) is 71.4 Å². The van der Waals surface area contributed by atoms with E-state index in [-0.39, 0.29) is 18.2 Å². The Hall–Kier alpha value is -3.26. The van der Waals surface area contributed by atoms with E-state index >= 15 is 0 Å². The number of carbonyl (C=O) groups excluding carboxylic acids is 1. The van der Waals surface area contributed by atoms with Gasteiger partial charge in [-0.05, 0) is 29.5 Å². The van der Waals surface area contributed by atoms with Gasteiger partial charge in [0.25, 0.3) is 0 Å². The monoisotopic (exact) mass is 461 g/mol. The van der Waals surface area contributed by atoms with E-state index < -0.39 is 6.10 Å². The molecular formula is C27H31N3O4. The fourth-order valence-corrected chi connectivity index (χ4v) is 4.39. The quantitative estimate of drug-likeness (QED) is 0.499. The number of hydrogen-bond acceptors (Lipinski definition) is 6. The fourth-order valence-electron chi connectivity index (χ4n) is 4.39. The first-order valence-electron chi connectivity index (χ1n) is 11.6. The van der Waals surface area contributed by atoms with Crippen molar-refractivity contribution in [2.75, 3.05) is 32.1 Å². The van der Waals surface area contributed by atoms with Gasteiger partial charge >= 0.3 is 0 Å². The van der Waals surface area contributed by atoms with Crippen molar-refractivity contribution in [2.24, 2.45) is 0 Å². The Kier molecular flexibility index (Phi) is 8.25. The number of nitrogens with one attached hydrogen (secondary N) is 1. The lowest BCUT2D eigenvalue weighted by Gasteiger charge is -2.31. The number of likely N-dealkylation sites (tertiary alicyclic amines) is 1. The lowest BCUT2D eigenvalue weighted by Crippen LogP contribution is -2.38. The zero-order chi connectivity index (χ0) is 23.8. The highest BCUT2D eigenvalue weighted by atomic mass is 16.5. The summed E-state index contributed by atoms with van der Waals surface area (Å²) in [6.07, 6.45) is 1.10. The number of hydrogen-bond donors (Lipinski definition) is 2. The third-order valence-corrected chi connectivity index (χ3v) is 5.94. The molecule has 3 aromatic rings. The topological polar surface area (TPSA) is 87.8 Å². The van der Waals surface area contributed by atoms with Gasteiger partial charge in [-0.25, -0.2) is 0 Å². The average molecular weight is 462 g/mol. The van der Waals surface area contributed by atoms with Crippen LogP contribution < -0.4 is 5.32 Å². The first-order valence-corrected chi connectivity index (χ1v) is 11.6. The summed E-state index contributed by atoms with van der Waals surface area (Å²) >= 11 is 0. The SMILES string of the molecule is COCc1cc(NC(=O)CC(O)CN2CCC(=C(c3ccccc3)c3ccccc3)CC2)on1. The minimum Gasteiger partial charge on any atom is -0.391 e. The third kappa shape index (κ3) is 6.41. The molecule has 0 saturated carbocycles. The molecule has 1 amide bonds.